The smallest absolute Gasteiger partial charge is 0.320 e. The molecule has 0 spiro atoms. The summed E-state index contributed by atoms with van der Waals surface area (Å²) in [5.74, 6) is -0.243. The van der Waals surface area contributed by atoms with Gasteiger partial charge >= 0.3 is 6.03 Å². The van der Waals surface area contributed by atoms with Crippen molar-refractivity contribution in [3.05, 3.63) is 0 Å². The van der Waals surface area contributed by atoms with Crippen LogP contribution in [0.15, 0.2) is 0 Å². The summed E-state index contributed by atoms with van der Waals surface area (Å²) in [6, 6.07) is -0.615. The molecule has 120 valence electrons. The molecule has 0 aromatic rings. The first-order chi connectivity index (χ1) is 10.1. The fourth-order valence-corrected chi connectivity index (χ4v) is 2.86. The maximum absolute atomic E-state index is 12.3. The number of carbonyl (C=O) groups is 2. The van der Waals surface area contributed by atoms with Crippen LogP contribution in [0.25, 0.3) is 0 Å². The van der Waals surface area contributed by atoms with Crippen molar-refractivity contribution in [1.29, 1.82) is 0 Å². The predicted molar refractivity (Wildman–Crippen MR) is 74.6 cm³/mol. The molecule has 2 heterocycles. The molecule has 1 atom stereocenters. The van der Waals surface area contributed by atoms with Gasteiger partial charge < -0.3 is 20.3 Å². The summed E-state index contributed by atoms with van der Waals surface area (Å²) >= 11 is 0. The van der Waals surface area contributed by atoms with Crippen LogP contribution in [-0.2, 0) is 9.53 Å². The summed E-state index contributed by atoms with van der Waals surface area (Å²) in [6.45, 7) is 3.89. The quantitative estimate of drug-likeness (QED) is 0.475. The Bertz CT molecular complexity index is 365. The lowest BCUT2D eigenvalue weighted by molar-refractivity contribution is -0.131. The van der Waals surface area contributed by atoms with Crippen molar-refractivity contribution in [1.82, 2.24) is 15.3 Å². The van der Waals surface area contributed by atoms with Crippen molar-refractivity contribution in [2.75, 3.05) is 39.4 Å². The zero-order valence-electron chi connectivity index (χ0n) is 12.2. The number of hydrogen-bond acceptors (Lipinski definition) is 5. The second kappa shape index (κ2) is 7.58. The minimum Gasteiger partial charge on any atom is -0.378 e. The van der Waals surface area contributed by atoms with Gasteiger partial charge in [-0.15, -0.1) is 0 Å². The molecule has 3 amide bonds. The number of piperidine rings is 1. The zero-order chi connectivity index (χ0) is 15.2. The Balaban J connectivity index is 1.74. The fourth-order valence-electron chi connectivity index (χ4n) is 2.86. The molecular weight excluding hydrogens is 276 g/mol. The predicted octanol–water partition coefficient (Wildman–Crippen LogP) is -0.627. The molecule has 0 radical (unpaired) electrons. The first-order valence-electron chi connectivity index (χ1n) is 7.43. The van der Waals surface area contributed by atoms with Crippen LogP contribution in [-0.4, -0.2) is 72.4 Å². The molecule has 2 fully saturated rings. The van der Waals surface area contributed by atoms with E-state index in [1.54, 1.807) is 5.48 Å². The largest absolute Gasteiger partial charge is 0.378 e. The van der Waals surface area contributed by atoms with Gasteiger partial charge in [-0.3, -0.25) is 10.0 Å². The van der Waals surface area contributed by atoms with Crippen molar-refractivity contribution in [2.45, 2.75) is 25.3 Å². The van der Waals surface area contributed by atoms with E-state index in [4.69, 9.17) is 15.7 Å². The first kappa shape index (κ1) is 16.0. The molecule has 8 nitrogen and oxygen atoms in total. The highest BCUT2D eigenvalue weighted by Crippen LogP contribution is 2.22. The minimum atomic E-state index is -0.693. The number of amides is 3. The molecular formula is C13H24N4O4. The number of likely N-dealkylation sites (tertiary alicyclic amines) is 1. The van der Waals surface area contributed by atoms with Crippen molar-refractivity contribution in [2.24, 2.45) is 11.7 Å². The average molecular weight is 300 g/mol. The topological polar surface area (TPSA) is 108 Å². The van der Waals surface area contributed by atoms with E-state index in [0.717, 1.165) is 12.8 Å². The van der Waals surface area contributed by atoms with Crippen LogP contribution in [0.4, 0.5) is 4.79 Å². The van der Waals surface area contributed by atoms with Gasteiger partial charge in [0.1, 0.15) is 0 Å². The van der Waals surface area contributed by atoms with Gasteiger partial charge in [0, 0.05) is 26.2 Å². The summed E-state index contributed by atoms with van der Waals surface area (Å²) < 4.78 is 5.25. The number of morpholine rings is 1. The standard InChI is InChI=1S/C13H24N4O4/c14-11(12(18)15-20)9-10-1-3-16(4-2-10)13(19)17-5-7-21-8-6-17/h10-11,20H,1-9,14H2,(H,15,18)/t11-/m0/s1. The number of ether oxygens (including phenoxy) is 1. The third-order valence-corrected chi connectivity index (χ3v) is 4.20. The molecule has 2 rings (SSSR count). The van der Waals surface area contributed by atoms with Gasteiger partial charge in [-0.2, -0.15) is 0 Å². The van der Waals surface area contributed by atoms with Gasteiger partial charge in [-0.25, -0.2) is 10.3 Å². The van der Waals surface area contributed by atoms with E-state index in [9.17, 15) is 9.59 Å². The average Bonchev–Trinajstić information content (AvgIpc) is 2.55. The molecule has 8 heteroatoms. The Morgan fingerprint density at radius 3 is 2.33 bits per heavy atom. The molecule has 0 unspecified atom stereocenters. The van der Waals surface area contributed by atoms with Gasteiger partial charge in [0.15, 0.2) is 0 Å². The highest BCUT2D eigenvalue weighted by atomic mass is 16.5. The number of nitrogens with zero attached hydrogens (tertiary/aromatic N) is 2. The van der Waals surface area contributed by atoms with Crippen LogP contribution in [0.1, 0.15) is 19.3 Å². The fraction of sp³-hybridized carbons (Fsp3) is 0.846. The van der Waals surface area contributed by atoms with Crippen LogP contribution >= 0.6 is 0 Å². The van der Waals surface area contributed by atoms with E-state index in [1.165, 1.54) is 0 Å². The monoisotopic (exact) mass is 300 g/mol. The Labute approximate surface area is 124 Å². The minimum absolute atomic E-state index is 0.0779. The number of nitrogens with two attached hydrogens (primary N) is 1. The maximum Gasteiger partial charge on any atom is 0.320 e. The van der Waals surface area contributed by atoms with Gasteiger partial charge in [0.25, 0.3) is 5.91 Å². The van der Waals surface area contributed by atoms with Crippen LogP contribution < -0.4 is 11.2 Å². The highest BCUT2D eigenvalue weighted by Gasteiger charge is 2.28. The molecule has 4 N–H and O–H groups in total. The number of hydrogen-bond donors (Lipinski definition) is 3. The zero-order valence-corrected chi connectivity index (χ0v) is 12.2. The van der Waals surface area contributed by atoms with Crippen molar-refractivity contribution in [3.8, 4) is 0 Å². The lowest BCUT2D eigenvalue weighted by atomic mass is 9.90. The Morgan fingerprint density at radius 1 is 1.19 bits per heavy atom. The van der Waals surface area contributed by atoms with Crippen LogP contribution in [0.5, 0.6) is 0 Å². The van der Waals surface area contributed by atoms with E-state index in [2.05, 4.69) is 0 Å². The Morgan fingerprint density at radius 2 is 1.76 bits per heavy atom. The van der Waals surface area contributed by atoms with Crippen molar-refractivity contribution >= 4 is 11.9 Å². The summed E-state index contributed by atoms with van der Waals surface area (Å²) in [6.07, 6.45) is 2.21. The molecule has 0 aliphatic carbocycles. The van der Waals surface area contributed by atoms with E-state index in [1.807, 2.05) is 9.80 Å². The number of urea groups is 1. The number of nitrogens with one attached hydrogen (secondary N) is 1. The van der Waals surface area contributed by atoms with Crippen LogP contribution in [0.3, 0.4) is 0 Å². The Kier molecular flexibility index (Phi) is 5.77. The number of hydroxylamine groups is 1. The lowest BCUT2D eigenvalue weighted by Crippen LogP contribution is -2.50. The normalized spacial score (nSPS) is 22.0. The van der Waals surface area contributed by atoms with E-state index in [-0.39, 0.29) is 6.03 Å². The van der Waals surface area contributed by atoms with Gasteiger partial charge in [0.2, 0.25) is 0 Å². The lowest BCUT2D eigenvalue weighted by Gasteiger charge is -2.37. The van der Waals surface area contributed by atoms with E-state index >= 15 is 0 Å². The summed E-state index contributed by atoms with van der Waals surface area (Å²) in [5, 5.41) is 8.55. The van der Waals surface area contributed by atoms with Gasteiger partial charge in [-0.05, 0) is 25.2 Å². The van der Waals surface area contributed by atoms with E-state index in [0.29, 0.717) is 51.7 Å². The first-order valence-corrected chi connectivity index (χ1v) is 7.43. The second-order valence-electron chi connectivity index (χ2n) is 5.63. The Hall–Kier alpha value is -1.38. The van der Waals surface area contributed by atoms with Gasteiger partial charge in [-0.1, -0.05) is 0 Å². The molecule has 0 bridgehead atoms. The molecule has 2 aliphatic rings. The number of rotatable bonds is 3. The van der Waals surface area contributed by atoms with Crippen LogP contribution in [0.2, 0.25) is 0 Å². The third kappa shape index (κ3) is 4.29. The van der Waals surface area contributed by atoms with Crippen molar-refractivity contribution in [3.63, 3.8) is 0 Å². The maximum atomic E-state index is 12.3. The summed E-state index contributed by atoms with van der Waals surface area (Å²) in [7, 11) is 0. The second-order valence-corrected chi connectivity index (χ2v) is 5.63. The third-order valence-electron chi connectivity index (χ3n) is 4.20. The molecule has 0 aromatic heterocycles. The molecule has 2 saturated heterocycles. The van der Waals surface area contributed by atoms with Gasteiger partial charge in [0.05, 0.1) is 19.3 Å². The summed E-state index contributed by atoms with van der Waals surface area (Å²) in [5.41, 5.74) is 7.27. The molecule has 21 heavy (non-hydrogen) atoms. The van der Waals surface area contributed by atoms with Crippen molar-refractivity contribution < 1.29 is 19.5 Å². The molecule has 2 aliphatic heterocycles. The highest BCUT2D eigenvalue weighted by molar-refractivity contribution is 5.80. The summed E-state index contributed by atoms with van der Waals surface area (Å²) in [4.78, 5) is 27.2. The SMILES string of the molecule is N[C@@H](CC1CCN(C(=O)N2CCOCC2)CC1)C(=O)NO. The van der Waals surface area contributed by atoms with Crippen LogP contribution in [0, 0.1) is 5.92 Å². The van der Waals surface area contributed by atoms with E-state index < -0.39 is 11.9 Å². The number of carbonyl (C=O) groups excluding carboxylic acids is 2. The molecule has 0 saturated carbocycles. The molecule has 0 aromatic carbocycles.